The number of carbonyl (C=O) groups excluding carboxylic acids is 2. The molecule has 0 radical (unpaired) electrons. The molecular formula is C25H16Cl3NO2. The molecular weight excluding hydrogens is 453 g/mol. The summed E-state index contributed by atoms with van der Waals surface area (Å²) in [6.07, 6.45) is 0. The van der Waals surface area contributed by atoms with Crippen LogP contribution in [0.3, 0.4) is 0 Å². The van der Waals surface area contributed by atoms with Crippen molar-refractivity contribution < 1.29 is 9.59 Å². The van der Waals surface area contributed by atoms with E-state index in [1.54, 1.807) is 18.2 Å². The average Bonchev–Trinajstić information content (AvgIpc) is 3.05. The first-order valence-corrected chi connectivity index (χ1v) is 11.2. The lowest BCUT2D eigenvalue weighted by Gasteiger charge is -2.54. The number of amides is 2. The Labute approximate surface area is 194 Å². The van der Waals surface area contributed by atoms with Crippen molar-refractivity contribution in [2.75, 3.05) is 4.90 Å². The van der Waals surface area contributed by atoms with E-state index in [0.29, 0.717) is 10.7 Å². The van der Waals surface area contributed by atoms with Gasteiger partial charge in [-0.2, -0.15) is 0 Å². The Hall–Kier alpha value is -2.33. The second-order valence-electron chi connectivity index (χ2n) is 8.41. The second kappa shape index (κ2) is 6.13. The molecule has 3 aliphatic carbocycles. The zero-order valence-electron chi connectivity index (χ0n) is 16.4. The normalized spacial score (nSPS) is 30.3. The third kappa shape index (κ3) is 2.12. The van der Waals surface area contributed by atoms with Crippen molar-refractivity contribution in [1.82, 2.24) is 0 Å². The molecule has 6 heteroatoms. The molecule has 0 spiro atoms. The smallest absolute Gasteiger partial charge is 0.240 e. The number of carbonyl (C=O) groups is 2. The monoisotopic (exact) mass is 467 g/mol. The predicted molar refractivity (Wildman–Crippen MR) is 122 cm³/mol. The van der Waals surface area contributed by atoms with Gasteiger partial charge in [0.15, 0.2) is 0 Å². The second-order valence-corrected chi connectivity index (χ2v) is 10.0. The summed E-state index contributed by atoms with van der Waals surface area (Å²) in [4.78, 5) is 26.7. The Bertz CT molecular complexity index is 1200. The number of hydrogen-bond acceptors (Lipinski definition) is 2. The first-order chi connectivity index (χ1) is 14.8. The summed E-state index contributed by atoms with van der Waals surface area (Å²) >= 11 is 21.1. The predicted octanol–water partition coefficient (Wildman–Crippen LogP) is 5.75. The highest BCUT2D eigenvalue weighted by Gasteiger charge is 2.73. The van der Waals surface area contributed by atoms with E-state index in [2.05, 4.69) is 0 Å². The van der Waals surface area contributed by atoms with Crippen LogP contribution in [-0.4, -0.2) is 11.8 Å². The summed E-state index contributed by atoms with van der Waals surface area (Å²) in [7, 11) is 0. The Morgan fingerprint density at radius 1 is 0.742 bits per heavy atom. The number of anilines is 1. The van der Waals surface area contributed by atoms with Crippen LogP contribution in [0.1, 0.15) is 27.8 Å². The molecule has 0 unspecified atom stereocenters. The van der Waals surface area contributed by atoms with Crippen molar-refractivity contribution in [1.29, 1.82) is 0 Å². The summed E-state index contributed by atoms with van der Waals surface area (Å²) in [5, 5.41) is 0.451. The van der Waals surface area contributed by atoms with Crippen LogP contribution in [0.25, 0.3) is 0 Å². The molecule has 1 fully saturated rings. The van der Waals surface area contributed by atoms with Gasteiger partial charge in [-0.25, -0.2) is 4.90 Å². The van der Waals surface area contributed by atoms with Crippen LogP contribution < -0.4 is 4.90 Å². The lowest BCUT2D eigenvalue weighted by Crippen LogP contribution is -2.57. The molecule has 0 aromatic heterocycles. The third-order valence-corrected chi connectivity index (χ3v) is 8.52. The van der Waals surface area contributed by atoms with Gasteiger partial charge in [-0.3, -0.25) is 9.59 Å². The summed E-state index contributed by atoms with van der Waals surface area (Å²) in [5.41, 5.74) is 4.41. The van der Waals surface area contributed by atoms with Crippen molar-refractivity contribution in [3.8, 4) is 0 Å². The van der Waals surface area contributed by atoms with Crippen molar-refractivity contribution in [3.63, 3.8) is 0 Å². The number of hydrogen-bond donors (Lipinski definition) is 0. The molecule has 1 heterocycles. The van der Waals surface area contributed by atoms with E-state index < -0.39 is 21.6 Å². The highest BCUT2D eigenvalue weighted by Crippen LogP contribution is 2.69. The molecule has 31 heavy (non-hydrogen) atoms. The Morgan fingerprint density at radius 3 is 1.58 bits per heavy atom. The lowest BCUT2D eigenvalue weighted by molar-refractivity contribution is -0.122. The number of imide groups is 1. The molecule has 3 nitrogen and oxygen atoms in total. The van der Waals surface area contributed by atoms with Crippen molar-refractivity contribution in [3.05, 3.63) is 99.6 Å². The van der Waals surface area contributed by atoms with E-state index in [0.717, 1.165) is 27.8 Å². The van der Waals surface area contributed by atoms with Crippen molar-refractivity contribution in [2.45, 2.75) is 16.7 Å². The third-order valence-electron chi connectivity index (χ3n) is 7.00. The molecule has 3 aromatic carbocycles. The van der Waals surface area contributed by atoms with E-state index in [4.69, 9.17) is 34.8 Å². The first-order valence-electron chi connectivity index (χ1n) is 10.0. The molecule has 7 rings (SSSR count). The number of rotatable bonds is 1. The van der Waals surface area contributed by atoms with Gasteiger partial charge in [0.05, 0.1) is 17.5 Å². The van der Waals surface area contributed by atoms with Crippen LogP contribution in [0.2, 0.25) is 5.02 Å². The molecule has 0 N–H and O–H groups in total. The Morgan fingerprint density at radius 2 is 1.16 bits per heavy atom. The van der Waals surface area contributed by atoms with Crippen LogP contribution in [0.5, 0.6) is 0 Å². The van der Waals surface area contributed by atoms with Crippen molar-refractivity contribution in [2.24, 2.45) is 11.8 Å². The minimum Gasteiger partial charge on any atom is -0.274 e. The molecule has 4 aliphatic rings. The molecule has 2 bridgehead atoms. The van der Waals surface area contributed by atoms with Crippen LogP contribution in [0, 0.1) is 18.8 Å². The van der Waals surface area contributed by atoms with Crippen molar-refractivity contribution >= 4 is 52.3 Å². The first kappa shape index (κ1) is 19.4. The SMILES string of the molecule is Cc1ccc(Cl)cc1N1C(=O)[C@@H]2[C@H](C1=O)C1(Cl)c3ccccc3C2(Cl)c2ccccc21. The van der Waals surface area contributed by atoms with Gasteiger partial charge in [0.25, 0.3) is 0 Å². The summed E-state index contributed by atoms with van der Waals surface area (Å²) in [5.74, 6) is -2.32. The minimum absolute atomic E-state index is 0.343. The molecule has 2 atom stereocenters. The molecule has 0 saturated carbocycles. The van der Waals surface area contributed by atoms with Gasteiger partial charge in [0.1, 0.15) is 9.75 Å². The minimum atomic E-state index is -1.18. The van der Waals surface area contributed by atoms with Gasteiger partial charge in [0.2, 0.25) is 11.8 Å². The number of aryl methyl sites for hydroxylation is 1. The maximum Gasteiger partial charge on any atom is 0.240 e. The maximum absolute atomic E-state index is 13.9. The van der Waals surface area contributed by atoms with Crippen LogP contribution in [-0.2, 0) is 19.3 Å². The highest BCUT2D eigenvalue weighted by molar-refractivity contribution is 6.39. The van der Waals surface area contributed by atoms with E-state index in [9.17, 15) is 9.59 Å². The van der Waals surface area contributed by atoms with Crippen LogP contribution in [0.4, 0.5) is 5.69 Å². The summed E-state index contributed by atoms with van der Waals surface area (Å²) in [6, 6.07) is 20.4. The number of halogens is 3. The van der Waals surface area contributed by atoms with E-state index >= 15 is 0 Å². The lowest BCUT2D eigenvalue weighted by atomic mass is 9.54. The maximum atomic E-state index is 13.9. The zero-order valence-corrected chi connectivity index (χ0v) is 18.7. The fraction of sp³-hybridized carbons (Fsp3) is 0.200. The molecule has 2 amide bonds. The molecule has 1 saturated heterocycles. The standard InChI is InChI=1S/C25H16Cl3NO2/c1-13-10-11-14(26)12-19(13)29-22(30)20-21(23(29)31)25(28)16-7-3-2-6-15(16)24(20,27)17-8-4-5-9-18(17)25/h2-12,20-21H,1H3/t20-,21+,24?,25?. The van der Waals surface area contributed by atoms with Gasteiger partial charge >= 0.3 is 0 Å². The van der Waals surface area contributed by atoms with Gasteiger partial charge in [-0.05, 0) is 46.9 Å². The van der Waals surface area contributed by atoms with Gasteiger partial charge in [-0.15, -0.1) is 23.2 Å². The fourth-order valence-corrected chi connectivity index (χ4v) is 6.99. The average molecular weight is 469 g/mol. The van der Waals surface area contributed by atoms with E-state index in [-0.39, 0.29) is 11.8 Å². The largest absolute Gasteiger partial charge is 0.274 e. The summed E-state index contributed by atoms with van der Waals surface area (Å²) < 4.78 is 0. The Balaban J connectivity index is 1.67. The molecule has 3 aromatic rings. The van der Waals surface area contributed by atoms with Gasteiger partial charge < -0.3 is 0 Å². The van der Waals surface area contributed by atoms with Gasteiger partial charge in [0, 0.05) is 5.02 Å². The zero-order chi connectivity index (χ0) is 21.7. The van der Waals surface area contributed by atoms with E-state index in [1.807, 2.05) is 55.5 Å². The molecule has 1 aliphatic heterocycles. The fourth-order valence-electron chi connectivity index (χ4n) is 5.73. The topological polar surface area (TPSA) is 37.4 Å². The highest BCUT2D eigenvalue weighted by atomic mass is 35.5. The van der Waals surface area contributed by atoms with Crippen LogP contribution >= 0.6 is 34.8 Å². The number of alkyl halides is 2. The summed E-state index contributed by atoms with van der Waals surface area (Å²) in [6.45, 7) is 1.85. The number of nitrogens with zero attached hydrogens (tertiary/aromatic N) is 1. The molecule has 154 valence electrons. The quantitative estimate of drug-likeness (QED) is 0.337. The van der Waals surface area contributed by atoms with Crippen LogP contribution in [0.15, 0.2) is 66.7 Å². The van der Waals surface area contributed by atoms with E-state index in [1.165, 1.54) is 4.90 Å². The Kier molecular flexibility index (Phi) is 3.83. The van der Waals surface area contributed by atoms with Gasteiger partial charge in [-0.1, -0.05) is 66.2 Å². The number of benzene rings is 3.